The van der Waals surface area contributed by atoms with Crippen LogP contribution in [0.4, 0.5) is 0 Å². The van der Waals surface area contributed by atoms with Gasteiger partial charge in [0.1, 0.15) is 0 Å². The fraction of sp³-hybridized carbons (Fsp3) is 0.786. The van der Waals surface area contributed by atoms with Crippen LogP contribution in [0.2, 0.25) is 0 Å². The Balaban J connectivity index is 3.01. The average Bonchev–Trinajstić information content (AvgIpc) is 2.22. The first-order valence-electron chi connectivity index (χ1n) is 6.33. The van der Waals surface area contributed by atoms with E-state index in [-0.39, 0.29) is 5.97 Å². The molecule has 1 atom stereocenters. The highest BCUT2D eigenvalue weighted by Crippen LogP contribution is 2.44. The quantitative estimate of drug-likeness (QED) is 0.683. The SMILES string of the molecule is CCOC(=O)C1=C(CC)C(C)C(C)(C)CC1. The van der Waals surface area contributed by atoms with Crippen LogP contribution in [0.15, 0.2) is 11.1 Å². The van der Waals surface area contributed by atoms with Crippen LogP contribution >= 0.6 is 0 Å². The molecule has 0 aliphatic heterocycles. The van der Waals surface area contributed by atoms with Gasteiger partial charge in [-0.2, -0.15) is 0 Å². The first-order valence-corrected chi connectivity index (χ1v) is 6.33. The monoisotopic (exact) mass is 224 g/mol. The lowest BCUT2D eigenvalue weighted by Gasteiger charge is -2.39. The predicted octanol–water partition coefficient (Wildman–Crippen LogP) is 3.71. The van der Waals surface area contributed by atoms with Gasteiger partial charge in [0.15, 0.2) is 0 Å². The van der Waals surface area contributed by atoms with E-state index in [9.17, 15) is 4.79 Å². The highest BCUT2D eigenvalue weighted by Gasteiger charge is 2.35. The molecule has 0 amide bonds. The molecule has 0 N–H and O–H groups in total. The Morgan fingerprint density at radius 1 is 1.44 bits per heavy atom. The number of rotatable bonds is 3. The maximum absolute atomic E-state index is 11.8. The molecule has 1 aliphatic rings. The van der Waals surface area contributed by atoms with Crippen molar-refractivity contribution in [3.8, 4) is 0 Å². The Morgan fingerprint density at radius 2 is 2.06 bits per heavy atom. The lowest BCUT2D eigenvalue weighted by molar-refractivity contribution is -0.139. The summed E-state index contributed by atoms with van der Waals surface area (Å²) >= 11 is 0. The van der Waals surface area contributed by atoms with E-state index in [2.05, 4.69) is 27.7 Å². The predicted molar refractivity (Wildman–Crippen MR) is 66.1 cm³/mol. The van der Waals surface area contributed by atoms with E-state index in [4.69, 9.17) is 4.74 Å². The van der Waals surface area contributed by atoms with E-state index in [0.29, 0.717) is 17.9 Å². The molecular weight excluding hydrogens is 200 g/mol. The van der Waals surface area contributed by atoms with Gasteiger partial charge in [-0.25, -0.2) is 4.79 Å². The van der Waals surface area contributed by atoms with Crippen LogP contribution in [0.25, 0.3) is 0 Å². The van der Waals surface area contributed by atoms with Crippen molar-refractivity contribution in [3.05, 3.63) is 11.1 Å². The van der Waals surface area contributed by atoms with Crippen molar-refractivity contribution in [2.75, 3.05) is 6.61 Å². The Morgan fingerprint density at radius 3 is 2.56 bits per heavy atom. The Kier molecular flexibility index (Phi) is 4.17. The van der Waals surface area contributed by atoms with Crippen LogP contribution < -0.4 is 0 Å². The molecule has 0 saturated heterocycles. The molecule has 16 heavy (non-hydrogen) atoms. The number of esters is 1. The molecule has 1 unspecified atom stereocenters. The zero-order chi connectivity index (χ0) is 12.3. The maximum atomic E-state index is 11.8. The molecule has 0 aromatic carbocycles. The largest absolute Gasteiger partial charge is 0.463 e. The third kappa shape index (κ3) is 2.47. The standard InChI is InChI=1S/C14H24O2/c1-6-11-10(3)14(4,5)9-8-12(11)13(15)16-7-2/h10H,6-9H2,1-5H3. The van der Waals surface area contributed by atoms with Gasteiger partial charge in [0.05, 0.1) is 6.61 Å². The molecule has 0 bridgehead atoms. The second-order valence-electron chi connectivity index (χ2n) is 5.29. The molecular formula is C14H24O2. The number of allylic oxidation sites excluding steroid dienone is 1. The number of carbonyl (C=O) groups excluding carboxylic acids is 1. The summed E-state index contributed by atoms with van der Waals surface area (Å²) < 4.78 is 5.13. The van der Waals surface area contributed by atoms with Crippen molar-refractivity contribution in [1.29, 1.82) is 0 Å². The van der Waals surface area contributed by atoms with Crippen molar-refractivity contribution in [3.63, 3.8) is 0 Å². The second kappa shape index (κ2) is 5.03. The molecule has 0 heterocycles. The summed E-state index contributed by atoms with van der Waals surface area (Å²) in [6.45, 7) is 11.3. The summed E-state index contributed by atoms with van der Waals surface area (Å²) in [4.78, 5) is 11.8. The average molecular weight is 224 g/mol. The van der Waals surface area contributed by atoms with E-state index in [1.807, 2.05) is 6.92 Å². The van der Waals surface area contributed by atoms with E-state index in [0.717, 1.165) is 24.8 Å². The van der Waals surface area contributed by atoms with Crippen LogP contribution in [-0.2, 0) is 9.53 Å². The smallest absolute Gasteiger partial charge is 0.333 e. The minimum atomic E-state index is -0.0956. The summed E-state index contributed by atoms with van der Waals surface area (Å²) in [6, 6.07) is 0. The molecule has 2 nitrogen and oxygen atoms in total. The van der Waals surface area contributed by atoms with Crippen molar-refractivity contribution in [2.45, 2.75) is 53.9 Å². The van der Waals surface area contributed by atoms with E-state index < -0.39 is 0 Å². The van der Waals surface area contributed by atoms with Gasteiger partial charge in [-0.1, -0.05) is 33.3 Å². The molecule has 92 valence electrons. The maximum Gasteiger partial charge on any atom is 0.333 e. The number of carbonyl (C=O) groups is 1. The van der Waals surface area contributed by atoms with Crippen LogP contribution in [0, 0.1) is 11.3 Å². The first-order chi connectivity index (χ1) is 7.44. The van der Waals surface area contributed by atoms with Gasteiger partial charge < -0.3 is 4.74 Å². The molecule has 0 saturated carbocycles. The van der Waals surface area contributed by atoms with Gasteiger partial charge in [-0.15, -0.1) is 0 Å². The van der Waals surface area contributed by atoms with Crippen LogP contribution in [0.1, 0.15) is 53.9 Å². The van der Waals surface area contributed by atoms with E-state index in [1.165, 1.54) is 5.57 Å². The van der Waals surface area contributed by atoms with Gasteiger partial charge >= 0.3 is 5.97 Å². The van der Waals surface area contributed by atoms with Gasteiger partial charge in [-0.05, 0) is 37.5 Å². The minimum absolute atomic E-state index is 0.0956. The first kappa shape index (κ1) is 13.3. The van der Waals surface area contributed by atoms with Crippen molar-refractivity contribution in [2.24, 2.45) is 11.3 Å². The molecule has 0 aromatic heterocycles. The van der Waals surface area contributed by atoms with Crippen LogP contribution in [-0.4, -0.2) is 12.6 Å². The third-order valence-electron chi connectivity index (χ3n) is 4.00. The second-order valence-corrected chi connectivity index (χ2v) is 5.29. The van der Waals surface area contributed by atoms with Crippen molar-refractivity contribution in [1.82, 2.24) is 0 Å². The Bertz CT molecular complexity index is 300. The third-order valence-corrected chi connectivity index (χ3v) is 4.00. The van der Waals surface area contributed by atoms with Gasteiger partial charge in [0.2, 0.25) is 0 Å². The summed E-state index contributed by atoms with van der Waals surface area (Å²) in [6.07, 6.45) is 2.91. The topological polar surface area (TPSA) is 26.3 Å². The summed E-state index contributed by atoms with van der Waals surface area (Å²) in [7, 11) is 0. The number of hydrogen-bond donors (Lipinski definition) is 0. The van der Waals surface area contributed by atoms with Crippen molar-refractivity contribution >= 4 is 5.97 Å². The normalized spacial score (nSPS) is 24.4. The van der Waals surface area contributed by atoms with Crippen LogP contribution in [0.3, 0.4) is 0 Å². The van der Waals surface area contributed by atoms with Crippen LogP contribution in [0.5, 0.6) is 0 Å². The highest BCUT2D eigenvalue weighted by molar-refractivity contribution is 5.89. The molecule has 1 rings (SSSR count). The summed E-state index contributed by atoms with van der Waals surface area (Å²) in [5.74, 6) is 0.382. The van der Waals surface area contributed by atoms with E-state index >= 15 is 0 Å². The Labute approximate surface area is 99.1 Å². The van der Waals surface area contributed by atoms with Gasteiger partial charge in [-0.3, -0.25) is 0 Å². The molecule has 1 aliphatic carbocycles. The van der Waals surface area contributed by atoms with Gasteiger partial charge in [0.25, 0.3) is 0 Å². The number of hydrogen-bond acceptors (Lipinski definition) is 2. The Hall–Kier alpha value is -0.790. The molecule has 0 aromatic rings. The van der Waals surface area contributed by atoms with E-state index in [1.54, 1.807) is 0 Å². The van der Waals surface area contributed by atoms with Crippen molar-refractivity contribution < 1.29 is 9.53 Å². The molecule has 2 heteroatoms. The zero-order valence-corrected chi connectivity index (χ0v) is 11.2. The number of ether oxygens (including phenoxy) is 1. The lowest BCUT2D eigenvalue weighted by atomic mass is 9.66. The highest BCUT2D eigenvalue weighted by atomic mass is 16.5. The summed E-state index contributed by atoms with van der Waals surface area (Å²) in [5, 5.41) is 0. The zero-order valence-electron chi connectivity index (χ0n) is 11.2. The summed E-state index contributed by atoms with van der Waals surface area (Å²) in [5.41, 5.74) is 2.55. The lowest BCUT2D eigenvalue weighted by Crippen LogP contribution is -2.30. The fourth-order valence-electron chi connectivity index (χ4n) is 2.53. The van der Waals surface area contributed by atoms with Gasteiger partial charge in [0, 0.05) is 5.57 Å². The minimum Gasteiger partial charge on any atom is -0.463 e. The molecule has 0 radical (unpaired) electrons. The molecule has 0 spiro atoms. The molecule has 0 fully saturated rings. The fourth-order valence-corrected chi connectivity index (χ4v) is 2.53.